The molecular formula is C24H19N3O4. The summed E-state index contributed by atoms with van der Waals surface area (Å²) in [4.78, 5) is 26.8. The lowest BCUT2D eigenvalue weighted by Crippen LogP contribution is -2.47. The van der Waals surface area contributed by atoms with Crippen molar-refractivity contribution < 1.29 is 19.1 Å². The Labute approximate surface area is 178 Å². The summed E-state index contributed by atoms with van der Waals surface area (Å²) in [6.45, 7) is 0. The molecule has 1 aliphatic carbocycles. The van der Waals surface area contributed by atoms with Crippen LogP contribution in [0.15, 0.2) is 71.3 Å². The third-order valence-corrected chi connectivity index (χ3v) is 6.27. The number of amides is 1. The predicted octanol–water partition coefficient (Wildman–Crippen LogP) is 3.01. The number of carbonyl (C=O) groups is 2. The van der Waals surface area contributed by atoms with Crippen molar-refractivity contribution in [2.45, 2.75) is 24.2 Å². The lowest BCUT2D eigenvalue weighted by molar-refractivity contribution is -0.123. The number of para-hydroxylation sites is 1. The van der Waals surface area contributed by atoms with Gasteiger partial charge in [0.2, 0.25) is 11.8 Å². The molecule has 154 valence electrons. The molecule has 2 aromatic rings. The maximum absolute atomic E-state index is 13.5. The maximum Gasteiger partial charge on any atom is 0.245 e. The van der Waals surface area contributed by atoms with E-state index in [1.807, 2.05) is 30.3 Å². The van der Waals surface area contributed by atoms with Crippen LogP contribution in [-0.2, 0) is 19.7 Å². The first kappa shape index (κ1) is 18.9. The minimum Gasteiger partial charge on any atom is -0.497 e. The van der Waals surface area contributed by atoms with E-state index in [2.05, 4.69) is 5.32 Å². The van der Waals surface area contributed by atoms with E-state index in [1.165, 1.54) is 0 Å². The number of ketones is 1. The van der Waals surface area contributed by atoms with Crippen LogP contribution in [0.4, 0.5) is 5.69 Å². The fourth-order valence-corrected chi connectivity index (χ4v) is 4.89. The Hall–Kier alpha value is -4.05. The van der Waals surface area contributed by atoms with Crippen LogP contribution in [0, 0.1) is 11.3 Å². The summed E-state index contributed by atoms with van der Waals surface area (Å²) >= 11 is 0. The van der Waals surface area contributed by atoms with Crippen LogP contribution < -0.4 is 15.8 Å². The third kappa shape index (κ3) is 2.51. The molecule has 31 heavy (non-hydrogen) atoms. The van der Waals surface area contributed by atoms with Gasteiger partial charge in [0.15, 0.2) is 5.78 Å². The lowest BCUT2D eigenvalue weighted by Gasteiger charge is -2.38. The van der Waals surface area contributed by atoms with Gasteiger partial charge in [-0.2, -0.15) is 5.26 Å². The maximum atomic E-state index is 13.5. The summed E-state index contributed by atoms with van der Waals surface area (Å²) in [5.74, 6) is 0.111. The van der Waals surface area contributed by atoms with Gasteiger partial charge in [0.25, 0.3) is 0 Å². The number of hydrogen-bond donors (Lipinski definition) is 2. The normalized spacial score (nSPS) is 24.3. The number of hydrogen-bond acceptors (Lipinski definition) is 6. The number of carbonyl (C=O) groups excluding carboxylic acids is 2. The van der Waals surface area contributed by atoms with Crippen molar-refractivity contribution in [2.75, 3.05) is 12.4 Å². The van der Waals surface area contributed by atoms with Gasteiger partial charge in [-0.25, -0.2) is 0 Å². The quantitative estimate of drug-likeness (QED) is 0.782. The Balaban J connectivity index is 1.67. The lowest BCUT2D eigenvalue weighted by atomic mass is 9.63. The summed E-state index contributed by atoms with van der Waals surface area (Å²) in [5, 5.41) is 12.7. The first-order chi connectivity index (χ1) is 15.0. The number of methoxy groups -OCH3 is 1. The third-order valence-electron chi connectivity index (χ3n) is 6.27. The first-order valence-electron chi connectivity index (χ1n) is 9.90. The minimum atomic E-state index is -1.58. The molecule has 0 fully saturated rings. The van der Waals surface area contributed by atoms with Gasteiger partial charge in [0, 0.05) is 24.1 Å². The van der Waals surface area contributed by atoms with Crippen molar-refractivity contribution in [1.29, 1.82) is 5.26 Å². The number of nitriles is 1. The number of Topliss-reactive ketones (excluding diaryl/α,β-unsaturated/α-hetero) is 1. The largest absolute Gasteiger partial charge is 0.497 e. The number of anilines is 1. The standard InChI is InChI=1S/C24H19N3O4/c1-30-15-8-6-13(7-9-15)14-10-19(28)21-20(11-14)31-22(26)17(12-25)24(21)16-4-2-3-5-18(16)27-23(24)29/h2-9,14H,10-11,26H2,1H3,(H,27,29)/t14-,24+/m1/s1. The van der Waals surface area contributed by atoms with Gasteiger partial charge < -0.3 is 20.5 Å². The summed E-state index contributed by atoms with van der Waals surface area (Å²) < 4.78 is 11.0. The smallest absolute Gasteiger partial charge is 0.245 e. The number of nitrogens with two attached hydrogens (primary N) is 1. The average molecular weight is 413 g/mol. The summed E-state index contributed by atoms with van der Waals surface area (Å²) in [7, 11) is 1.60. The van der Waals surface area contributed by atoms with Gasteiger partial charge in [0.05, 0.1) is 12.7 Å². The first-order valence-corrected chi connectivity index (χ1v) is 9.90. The number of nitrogens with one attached hydrogen (secondary N) is 1. The average Bonchev–Trinajstić information content (AvgIpc) is 3.06. The molecule has 3 N–H and O–H groups in total. The summed E-state index contributed by atoms with van der Waals surface area (Å²) in [6, 6.07) is 16.6. The zero-order valence-corrected chi connectivity index (χ0v) is 16.8. The number of allylic oxidation sites excluding steroid dienone is 1. The molecule has 0 aromatic heterocycles. The van der Waals surface area contributed by atoms with Crippen molar-refractivity contribution in [3.8, 4) is 11.8 Å². The highest BCUT2D eigenvalue weighted by molar-refractivity contribution is 6.19. The monoisotopic (exact) mass is 413 g/mol. The minimum absolute atomic E-state index is 0.0510. The van der Waals surface area contributed by atoms with Gasteiger partial charge in [-0.3, -0.25) is 9.59 Å². The highest BCUT2D eigenvalue weighted by Gasteiger charge is 2.60. The van der Waals surface area contributed by atoms with Crippen molar-refractivity contribution in [3.05, 3.63) is 82.4 Å². The molecular weight excluding hydrogens is 394 g/mol. The molecule has 2 atom stereocenters. The van der Waals surface area contributed by atoms with Gasteiger partial charge in [0.1, 0.15) is 28.6 Å². The highest BCUT2D eigenvalue weighted by Crippen LogP contribution is 2.55. The number of fused-ring (bicyclic) bond motifs is 3. The molecule has 0 radical (unpaired) electrons. The molecule has 3 aliphatic rings. The van der Waals surface area contributed by atoms with E-state index in [1.54, 1.807) is 31.4 Å². The van der Waals surface area contributed by atoms with Gasteiger partial charge in [-0.15, -0.1) is 0 Å². The van der Waals surface area contributed by atoms with Gasteiger partial charge >= 0.3 is 0 Å². The fraction of sp³-hybridized carbons (Fsp3) is 0.208. The molecule has 1 spiro atoms. The van der Waals surface area contributed by atoms with Crippen LogP contribution in [0.1, 0.15) is 29.9 Å². The molecule has 7 nitrogen and oxygen atoms in total. The molecule has 2 aliphatic heterocycles. The van der Waals surface area contributed by atoms with E-state index in [9.17, 15) is 14.9 Å². The Kier molecular flexibility index (Phi) is 4.12. The summed E-state index contributed by atoms with van der Waals surface area (Å²) in [5.41, 5.74) is 6.79. The van der Waals surface area contributed by atoms with Crippen LogP contribution in [-0.4, -0.2) is 18.8 Å². The Morgan fingerprint density at radius 1 is 1.16 bits per heavy atom. The molecule has 5 rings (SSSR count). The molecule has 7 heteroatoms. The SMILES string of the molecule is COc1ccc([C@@H]2CC(=O)C3=C(C2)OC(N)=C(C#N)[C@]32C(=O)Nc3ccccc32)cc1. The zero-order valence-electron chi connectivity index (χ0n) is 16.8. The van der Waals surface area contributed by atoms with Crippen LogP contribution in [0.25, 0.3) is 0 Å². The van der Waals surface area contributed by atoms with E-state index in [0.717, 1.165) is 11.3 Å². The van der Waals surface area contributed by atoms with E-state index >= 15 is 0 Å². The number of rotatable bonds is 2. The van der Waals surface area contributed by atoms with Crippen molar-refractivity contribution in [1.82, 2.24) is 0 Å². The highest BCUT2D eigenvalue weighted by atomic mass is 16.5. The van der Waals surface area contributed by atoms with E-state index < -0.39 is 11.3 Å². The fourth-order valence-electron chi connectivity index (χ4n) is 4.89. The summed E-state index contributed by atoms with van der Waals surface area (Å²) in [6.07, 6.45) is 0.592. The topological polar surface area (TPSA) is 114 Å². The number of nitrogens with zero attached hydrogens (tertiary/aromatic N) is 1. The van der Waals surface area contributed by atoms with Crippen molar-refractivity contribution >= 4 is 17.4 Å². The number of ether oxygens (including phenoxy) is 2. The van der Waals surface area contributed by atoms with Crippen molar-refractivity contribution in [2.24, 2.45) is 5.73 Å². The van der Waals surface area contributed by atoms with Crippen LogP contribution in [0.5, 0.6) is 5.75 Å². The van der Waals surface area contributed by atoms with E-state index in [0.29, 0.717) is 23.4 Å². The van der Waals surface area contributed by atoms with Gasteiger partial charge in [-0.1, -0.05) is 30.3 Å². The Bertz CT molecular complexity index is 1240. The Morgan fingerprint density at radius 2 is 1.90 bits per heavy atom. The second-order valence-electron chi connectivity index (χ2n) is 7.80. The van der Waals surface area contributed by atoms with Crippen LogP contribution >= 0.6 is 0 Å². The second kappa shape index (κ2) is 6.74. The van der Waals surface area contributed by atoms with E-state index in [4.69, 9.17) is 15.2 Å². The van der Waals surface area contributed by atoms with Crippen molar-refractivity contribution in [3.63, 3.8) is 0 Å². The number of benzene rings is 2. The molecule has 0 saturated heterocycles. The Morgan fingerprint density at radius 3 is 2.61 bits per heavy atom. The molecule has 0 saturated carbocycles. The van der Waals surface area contributed by atoms with Crippen LogP contribution in [0.3, 0.4) is 0 Å². The van der Waals surface area contributed by atoms with E-state index in [-0.39, 0.29) is 35.2 Å². The molecule has 2 heterocycles. The molecule has 2 aromatic carbocycles. The molecule has 0 unspecified atom stereocenters. The van der Waals surface area contributed by atoms with Crippen LogP contribution in [0.2, 0.25) is 0 Å². The molecule has 1 amide bonds. The predicted molar refractivity (Wildman–Crippen MR) is 112 cm³/mol. The second-order valence-corrected chi connectivity index (χ2v) is 7.80. The zero-order chi connectivity index (χ0) is 21.8. The van der Waals surface area contributed by atoms with Gasteiger partial charge in [-0.05, 0) is 29.7 Å². The molecule has 0 bridgehead atoms.